The third-order valence-electron chi connectivity index (χ3n) is 13.3. The molecule has 0 radical (unpaired) electrons. The van der Waals surface area contributed by atoms with Crippen LogP contribution in [0.4, 0.5) is 0 Å². The molecular weight excluding hydrogens is 961 g/mol. The third kappa shape index (κ3) is 10.5. The number of esters is 1. The van der Waals surface area contributed by atoms with Crippen molar-refractivity contribution in [2.75, 3.05) is 13.7 Å². The SMILES string of the molecule is COc1ccc(C2OC[C@H]3O[C@H](OCc4ccccc4)[C@H](NC(=O)c4c(P(c5ccccc5)c5ccccc5)ccc5ccccc45)[C@@H](OC(=O)c4ccccc4P(c4ccccc4)c4ccccc4)[C@@H]3O2)cc1. The van der Waals surface area contributed by atoms with Gasteiger partial charge in [0.05, 0.1) is 31.5 Å². The van der Waals surface area contributed by atoms with E-state index < -0.39 is 58.7 Å². The van der Waals surface area contributed by atoms with Gasteiger partial charge in [0.15, 0.2) is 18.7 Å². The normalized spacial score (nSPS) is 19.4. The molecule has 368 valence electrons. The van der Waals surface area contributed by atoms with Crippen LogP contribution in [0.15, 0.2) is 237 Å². The van der Waals surface area contributed by atoms with Crippen LogP contribution >= 0.6 is 15.8 Å². The van der Waals surface area contributed by atoms with E-state index >= 15 is 9.59 Å². The van der Waals surface area contributed by atoms with Crippen LogP contribution in [-0.2, 0) is 30.3 Å². The molecule has 1 amide bonds. The minimum absolute atomic E-state index is 0.0805. The molecule has 11 heteroatoms. The molecule has 2 heterocycles. The highest BCUT2D eigenvalue weighted by Gasteiger charge is 2.53. The summed E-state index contributed by atoms with van der Waals surface area (Å²) in [6.07, 6.45) is -4.87. The molecule has 0 aromatic heterocycles. The topological polar surface area (TPSA) is 102 Å². The number of nitrogens with one attached hydrogen (secondary N) is 1. The van der Waals surface area contributed by atoms with E-state index in [4.69, 9.17) is 28.4 Å². The first-order valence-electron chi connectivity index (χ1n) is 24.7. The Morgan fingerprint density at radius 1 is 0.568 bits per heavy atom. The zero-order valence-electron chi connectivity index (χ0n) is 40.6. The van der Waals surface area contributed by atoms with Gasteiger partial charge in [0.25, 0.3) is 5.91 Å². The second-order valence-corrected chi connectivity index (χ2v) is 22.3. The summed E-state index contributed by atoms with van der Waals surface area (Å²) in [7, 11) is -0.859. The Hall–Kier alpha value is -7.32. The Kier molecular flexibility index (Phi) is 15.1. The van der Waals surface area contributed by atoms with Crippen molar-refractivity contribution in [2.24, 2.45) is 0 Å². The number of benzene rings is 9. The second-order valence-electron chi connectivity index (χ2n) is 18.0. The Balaban J connectivity index is 1.04. The van der Waals surface area contributed by atoms with E-state index in [1.807, 2.05) is 176 Å². The van der Waals surface area contributed by atoms with Gasteiger partial charge < -0.3 is 33.7 Å². The minimum atomic E-state index is -1.25. The van der Waals surface area contributed by atoms with Crippen molar-refractivity contribution < 1.29 is 38.0 Å². The quantitative estimate of drug-likeness (QED) is 0.0801. The standard InChI is InChI=1S/C63H53NO8P2/c1-67-46-38-35-45(36-39-46)62-69-42-53-58(72-62)59(71-61(66)52-33-19-20-34-54(52)73(47-24-9-3-10-25-47)48-26-11-4-12-27-48)57(63(70-53)68-41-43-21-7-2-8-22-43)64-60(65)56-51-32-18-17-23-44(51)37-40-55(56)74(49-28-13-5-14-29-49)50-30-15-6-16-31-50/h2-40,53,57-59,62-63H,41-42H2,1H3,(H,64,65)/t53-,57-,58-,59-,62?,63+/m1/s1. The fraction of sp³-hybridized carbons (Fsp3) is 0.143. The van der Waals surface area contributed by atoms with Crippen molar-refractivity contribution in [1.29, 1.82) is 0 Å². The van der Waals surface area contributed by atoms with E-state index in [0.29, 0.717) is 16.9 Å². The lowest BCUT2D eigenvalue weighted by atomic mass is 9.94. The summed E-state index contributed by atoms with van der Waals surface area (Å²) in [4.78, 5) is 31.5. The zero-order valence-corrected chi connectivity index (χ0v) is 42.3. The minimum Gasteiger partial charge on any atom is -0.497 e. The van der Waals surface area contributed by atoms with Crippen LogP contribution in [0.5, 0.6) is 5.75 Å². The maximum absolute atomic E-state index is 16.0. The fourth-order valence-electron chi connectivity index (χ4n) is 9.79. The van der Waals surface area contributed by atoms with Gasteiger partial charge in [-0.15, -0.1) is 0 Å². The molecule has 0 spiro atoms. The summed E-state index contributed by atoms with van der Waals surface area (Å²) in [5.41, 5.74) is 2.52. The van der Waals surface area contributed by atoms with E-state index in [1.54, 1.807) is 7.11 Å². The van der Waals surface area contributed by atoms with Crippen LogP contribution in [0.1, 0.15) is 38.1 Å². The van der Waals surface area contributed by atoms with Gasteiger partial charge in [0, 0.05) is 5.56 Å². The molecule has 1 unspecified atom stereocenters. The maximum atomic E-state index is 16.0. The number of fused-ring (bicyclic) bond motifs is 2. The molecule has 0 bridgehead atoms. The highest BCUT2D eigenvalue weighted by atomic mass is 31.1. The van der Waals surface area contributed by atoms with Crippen LogP contribution in [0.3, 0.4) is 0 Å². The van der Waals surface area contributed by atoms with Crippen LogP contribution in [0.2, 0.25) is 0 Å². The van der Waals surface area contributed by atoms with E-state index in [2.05, 4.69) is 66.0 Å². The lowest BCUT2D eigenvalue weighted by molar-refractivity contribution is -0.344. The smallest absolute Gasteiger partial charge is 0.339 e. The van der Waals surface area contributed by atoms with Crippen LogP contribution in [0.25, 0.3) is 10.8 Å². The molecule has 9 nitrogen and oxygen atoms in total. The Morgan fingerprint density at radius 2 is 1.11 bits per heavy atom. The van der Waals surface area contributed by atoms with Crippen molar-refractivity contribution in [1.82, 2.24) is 5.32 Å². The number of carbonyl (C=O) groups excluding carboxylic acids is 2. The number of hydrogen-bond acceptors (Lipinski definition) is 8. The number of methoxy groups -OCH3 is 1. The Labute approximate surface area is 433 Å². The predicted octanol–water partition coefficient (Wildman–Crippen LogP) is 9.74. The molecule has 2 saturated heterocycles. The fourth-order valence-corrected chi connectivity index (χ4v) is 14.7. The average Bonchev–Trinajstić information content (AvgIpc) is 3.46. The van der Waals surface area contributed by atoms with Crippen molar-refractivity contribution >= 4 is 70.3 Å². The van der Waals surface area contributed by atoms with E-state index in [-0.39, 0.29) is 19.1 Å². The molecule has 2 aliphatic heterocycles. The molecule has 1 N–H and O–H groups in total. The van der Waals surface area contributed by atoms with Crippen molar-refractivity contribution in [3.63, 3.8) is 0 Å². The Bertz CT molecular complexity index is 3240. The number of rotatable bonds is 15. The van der Waals surface area contributed by atoms with Crippen LogP contribution in [-0.4, -0.2) is 56.2 Å². The number of ether oxygens (including phenoxy) is 6. The van der Waals surface area contributed by atoms with E-state index in [9.17, 15) is 0 Å². The molecule has 2 aliphatic rings. The van der Waals surface area contributed by atoms with Crippen molar-refractivity contribution in [2.45, 2.75) is 43.5 Å². The van der Waals surface area contributed by atoms with Gasteiger partial charge in [-0.1, -0.05) is 218 Å². The number of hydrogen-bond donors (Lipinski definition) is 1. The van der Waals surface area contributed by atoms with Gasteiger partial charge in [-0.3, -0.25) is 4.79 Å². The van der Waals surface area contributed by atoms with Crippen molar-refractivity contribution in [3.05, 3.63) is 259 Å². The molecule has 11 rings (SSSR count). The van der Waals surface area contributed by atoms with Gasteiger partial charge in [0.1, 0.15) is 24.0 Å². The maximum Gasteiger partial charge on any atom is 0.339 e. The lowest BCUT2D eigenvalue weighted by Gasteiger charge is -2.49. The molecule has 74 heavy (non-hydrogen) atoms. The van der Waals surface area contributed by atoms with E-state index in [1.165, 1.54) is 0 Å². The molecule has 0 aliphatic carbocycles. The molecule has 0 saturated carbocycles. The first-order chi connectivity index (χ1) is 36.5. The third-order valence-corrected chi connectivity index (χ3v) is 18.3. The van der Waals surface area contributed by atoms with Gasteiger partial charge in [-0.2, -0.15) is 0 Å². The number of carbonyl (C=O) groups is 2. The van der Waals surface area contributed by atoms with Gasteiger partial charge in [0.2, 0.25) is 0 Å². The highest BCUT2D eigenvalue weighted by molar-refractivity contribution is 7.80. The Morgan fingerprint density at radius 3 is 1.72 bits per heavy atom. The predicted molar refractivity (Wildman–Crippen MR) is 295 cm³/mol. The van der Waals surface area contributed by atoms with Gasteiger partial charge in [-0.05, 0) is 82.2 Å². The molecule has 9 aromatic carbocycles. The van der Waals surface area contributed by atoms with E-state index in [0.717, 1.165) is 53.7 Å². The first-order valence-corrected chi connectivity index (χ1v) is 27.3. The van der Waals surface area contributed by atoms with Gasteiger partial charge in [-0.25, -0.2) is 4.79 Å². The summed E-state index contributed by atoms with van der Waals surface area (Å²) in [5.74, 6) is -0.282. The summed E-state index contributed by atoms with van der Waals surface area (Å²) in [6, 6.07) is 76.9. The van der Waals surface area contributed by atoms with Crippen molar-refractivity contribution in [3.8, 4) is 5.75 Å². The summed E-state index contributed by atoms with van der Waals surface area (Å²) < 4.78 is 39.4. The monoisotopic (exact) mass is 1010 g/mol. The molecule has 2 fully saturated rings. The average molecular weight is 1010 g/mol. The molecule has 9 aromatic rings. The largest absolute Gasteiger partial charge is 0.497 e. The van der Waals surface area contributed by atoms with Crippen LogP contribution < -0.4 is 41.9 Å². The summed E-state index contributed by atoms with van der Waals surface area (Å²) in [5, 5.41) is 11.1. The highest BCUT2D eigenvalue weighted by Crippen LogP contribution is 2.40. The summed E-state index contributed by atoms with van der Waals surface area (Å²) >= 11 is 0. The second kappa shape index (κ2) is 22.8. The lowest BCUT2D eigenvalue weighted by Crippen LogP contribution is -2.68. The summed E-state index contributed by atoms with van der Waals surface area (Å²) in [6.45, 7) is 0.220. The molecule has 6 atom stereocenters. The number of amides is 1. The molecular formula is C63H53NO8P2. The zero-order chi connectivity index (χ0) is 50.2. The first kappa shape index (κ1) is 48.9. The van der Waals surface area contributed by atoms with Crippen LogP contribution in [0, 0.1) is 0 Å². The van der Waals surface area contributed by atoms with Gasteiger partial charge >= 0.3 is 5.97 Å².